The molecule has 0 N–H and O–H groups in total. The molecule has 0 aliphatic heterocycles. The maximum atomic E-state index is 11.9. The molecule has 1 atom stereocenters. The number of hydrogen-bond donors (Lipinski definition) is 0. The van der Waals surface area contributed by atoms with Gasteiger partial charge in [0.05, 0.1) is 19.8 Å². The summed E-state index contributed by atoms with van der Waals surface area (Å²) in [7, 11) is 1.51. The Morgan fingerprint density at radius 2 is 1.58 bits per heavy atom. The van der Waals surface area contributed by atoms with Crippen LogP contribution in [0.3, 0.4) is 0 Å². The summed E-state index contributed by atoms with van der Waals surface area (Å²) in [4.78, 5) is 11.9. The molecule has 0 aliphatic rings. The standard InChI is InChI=1S/C27H28O6/c1-3-30-27(28)26(29-2)17-19-9-11-20(12-10-19)31-15-6-16-32-21-13-14-25-23(18-21)22-7-4-5-8-24(22)33-25/h4-5,7-14,18,26H,3,6,15-17H2,1-2H3/t26-/m0/s1. The molecule has 33 heavy (non-hydrogen) atoms. The van der Waals surface area contributed by atoms with E-state index in [2.05, 4.69) is 6.07 Å². The smallest absolute Gasteiger partial charge is 0.335 e. The van der Waals surface area contributed by atoms with Crippen molar-refractivity contribution in [2.75, 3.05) is 26.9 Å². The van der Waals surface area contributed by atoms with E-state index in [1.165, 1.54) is 7.11 Å². The third kappa shape index (κ3) is 5.65. The molecule has 4 aromatic rings. The van der Waals surface area contributed by atoms with E-state index in [0.717, 1.165) is 45.4 Å². The van der Waals surface area contributed by atoms with Crippen molar-refractivity contribution in [3.05, 3.63) is 72.3 Å². The molecule has 172 valence electrons. The summed E-state index contributed by atoms with van der Waals surface area (Å²) >= 11 is 0. The van der Waals surface area contributed by atoms with E-state index in [4.69, 9.17) is 23.4 Å². The van der Waals surface area contributed by atoms with Gasteiger partial charge in [0.1, 0.15) is 22.7 Å². The van der Waals surface area contributed by atoms with Crippen molar-refractivity contribution in [3.63, 3.8) is 0 Å². The molecule has 0 fully saturated rings. The fraction of sp³-hybridized carbons (Fsp3) is 0.296. The van der Waals surface area contributed by atoms with Crippen LogP contribution in [0, 0.1) is 0 Å². The second-order valence-electron chi connectivity index (χ2n) is 7.63. The van der Waals surface area contributed by atoms with Crippen molar-refractivity contribution in [3.8, 4) is 11.5 Å². The minimum absolute atomic E-state index is 0.337. The van der Waals surface area contributed by atoms with Crippen LogP contribution in [0.15, 0.2) is 71.1 Å². The van der Waals surface area contributed by atoms with E-state index in [-0.39, 0.29) is 5.97 Å². The highest BCUT2D eigenvalue weighted by Gasteiger charge is 2.19. The largest absolute Gasteiger partial charge is 0.493 e. The highest BCUT2D eigenvalue weighted by atomic mass is 16.6. The second kappa shape index (κ2) is 10.9. The average Bonchev–Trinajstić information content (AvgIpc) is 3.21. The van der Waals surface area contributed by atoms with Gasteiger partial charge in [-0.2, -0.15) is 0 Å². The van der Waals surface area contributed by atoms with Gasteiger partial charge in [-0.15, -0.1) is 0 Å². The summed E-state index contributed by atoms with van der Waals surface area (Å²) in [5.74, 6) is 1.24. The number of furan rings is 1. The zero-order valence-electron chi connectivity index (χ0n) is 18.9. The van der Waals surface area contributed by atoms with Gasteiger partial charge in [0.2, 0.25) is 0 Å². The predicted octanol–water partition coefficient (Wildman–Crippen LogP) is 5.55. The Morgan fingerprint density at radius 3 is 2.33 bits per heavy atom. The van der Waals surface area contributed by atoms with Crippen molar-refractivity contribution in [2.45, 2.75) is 25.9 Å². The number of para-hydroxylation sites is 1. The quantitative estimate of drug-likeness (QED) is 0.221. The Morgan fingerprint density at radius 1 is 0.879 bits per heavy atom. The van der Waals surface area contributed by atoms with Crippen LogP contribution in [0.25, 0.3) is 21.9 Å². The van der Waals surface area contributed by atoms with Crippen LogP contribution in [-0.2, 0) is 20.7 Å². The topological polar surface area (TPSA) is 67.1 Å². The van der Waals surface area contributed by atoms with Crippen LogP contribution < -0.4 is 9.47 Å². The molecule has 0 amide bonds. The lowest BCUT2D eigenvalue weighted by Crippen LogP contribution is -2.27. The van der Waals surface area contributed by atoms with Crippen LogP contribution >= 0.6 is 0 Å². The first-order valence-electron chi connectivity index (χ1n) is 11.1. The molecular weight excluding hydrogens is 420 g/mol. The Balaban J connectivity index is 1.23. The van der Waals surface area contributed by atoms with Gasteiger partial charge < -0.3 is 23.4 Å². The van der Waals surface area contributed by atoms with Gasteiger partial charge in [0, 0.05) is 30.7 Å². The lowest BCUT2D eigenvalue weighted by atomic mass is 10.1. The van der Waals surface area contributed by atoms with E-state index in [1.807, 2.05) is 60.7 Å². The number of rotatable bonds is 11. The Bertz CT molecular complexity index is 1190. The molecule has 0 saturated carbocycles. The summed E-state index contributed by atoms with van der Waals surface area (Å²) in [5.41, 5.74) is 2.71. The number of hydrogen-bond acceptors (Lipinski definition) is 6. The lowest BCUT2D eigenvalue weighted by Gasteiger charge is -2.14. The summed E-state index contributed by atoms with van der Waals surface area (Å²) in [6.07, 6.45) is 0.605. The number of carbonyl (C=O) groups excluding carboxylic acids is 1. The first-order chi connectivity index (χ1) is 16.2. The maximum absolute atomic E-state index is 11.9. The molecule has 0 saturated heterocycles. The van der Waals surface area contributed by atoms with Crippen LogP contribution in [0.2, 0.25) is 0 Å². The average molecular weight is 449 g/mol. The fourth-order valence-electron chi connectivity index (χ4n) is 3.67. The van der Waals surface area contributed by atoms with E-state index >= 15 is 0 Å². The van der Waals surface area contributed by atoms with E-state index in [0.29, 0.717) is 26.2 Å². The van der Waals surface area contributed by atoms with Crippen molar-refractivity contribution < 1.29 is 28.2 Å². The zero-order chi connectivity index (χ0) is 23.0. The van der Waals surface area contributed by atoms with Gasteiger partial charge in [-0.3, -0.25) is 0 Å². The molecule has 0 radical (unpaired) electrons. The highest BCUT2D eigenvalue weighted by Crippen LogP contribution is 2.31. The minimum Gasteiger partial charge on any atom is -0.493 e. The van der Waals surface area contributed by atoms with Crippen LogP contribution in [0.1, 0.15) is 18.9 Å². The molecule has 0 bridgehead atoms. The van der Waals surface area contributed by atoms with Gasteiger partial charge in [0.15, 0.2) is 6.10 Å². The molecule has 0 aliphatic carbocycles. The molecule has 6 nitrogen and oxygen atoms in total. The molecule has 6 heteroatoms. The summed E-state index contributed by atoms with van der Waals surface area (Å²) in [6.45, 7) is 3.21. The first-order valence-corrected chi connectivity index (χ1v) is 11.1. The first kappa shape index (κ1) is 22.7. The Hall–Kier alpha value is -3.51. The van der Waals surface area contributed by atoms with Crippen LogP contribution in [0.4, 0.5) is 0 Å². The molecule has 4 rings (SSSR count). The molecule has 1 aromatic heterocycles. The van der Waals surface area contributed by atoms with Gasteiger partial charge >= 0.3 is 5.97 Å². The van der Waals surface area contributed by atoms with Crippen LogP contribution in [0.5, 0.6) is 11.5 Å². The number of methoxy groups -OCH3 is 1. The number of fused-ring (bicyclic) bond motifs is 3. The van der Waals surface area contributed by atoms with Crippen LogP contribution in [-0.4, -0.2) is 39.0 Å². The number of ether oxygens (including phenoxy) is 4. The third-order valence-electron chi connectivity index (χ3n) is 5.35. The van der Waals surface area contributed by atoms with Crippen molar-refractivity contribution in [2.24, 2.45) is 0 Å². The van der Waals surface area contributed by atoms with E-state index in [9.17, 15) is 4.79 Å². The Kier molecular flexibility index (Phi) is 7.47. The van der Waals surface area contributed by atoms with Gasteiger partial charge in [-0.1, -0.05) is 30.3 Å². The van der Waals surface area contributed by atoms with Crippen molar-refractivity contribution in [1.82, 2.24) is 0 Å². The number of esters is 1. The van der Waals surface area contributed by atoms with E-state index < -0.39 is 6.10 Å². The molecular formula is C27H28O6. The number of benzene rings is 3. The van der Waals surface area contributed by atoms with Gasteiger partial charge in [0.25, 0.3) is 0 Å². The third-order valence-corrected chi connectivity index (χ3v) is 5.35. The molecule has 3 aromatic carbocycles. The fourth-order valence-corrected chi connectivity index (χ4v) is 3.67. The summed E-state index contributed by atoms with van der Waals surface area (Å²) in [5, 5.41) is 2.14. The molecule has 0 unspecified atom stereocenters. The predicted molar refractivity (Wildman–Crippen MR) is 127 cm³/mol. The second-order valence-corrected chi connectivity index (χ2v) is 7.63. The zero-order valence-corrected chi connectivity index (χ0v) is 18.9. The van der Waals surface area contributed by atoms with E-state index in [1.54, 1.807) is 6.92 Å². The van der Waals surface area contributed by atoms with Gasteiger partial charge in [-0.05, 0) is 48.9 Å². The summed E-state index contributed by atoms with van der Waals surface area (Å²) < 4.78 is 27.8. The van der Waals surface area contributed by atoms with Crippen molar-refractivity contribution in [1.29, 1.82) is 0 Å². The maximum Gasteiger partial charge on any atom is 0.335 e. The summed E-state index contributed by atoms with van der Waals surface area (Å²) in [6, 6.07) is 21.5. The molecule has 0 spiro atoms. The Labute approximate surface area is 193 Å². The minimum atomic E-state index is -0.604. The number of carbonyl (C=O) groups is 1. The van der Waals surface area contributed by atoms with Gasteiger partial charge in [-0.25, -0.2) is 4.79 Å². The van der Waals surface area contributed by atoms with Crippen molar-refractivity contribution >= 4 is 27.9 Å². The molecule has 1 heterocycles. The lowest BCUT2D eigenvalue weighted by molar-refractivity contribution is -0.154. The normalized spacial score (nSPS) is 12.1. The monoisotopic (exact) mass is 448 g/mol. The SMILES string of the molecule is CCOC(=O)[C@H](Cc1ccc(OCCCOc2ccc3oc4ccccc4c3c2)cc1)OC. The highest BCUT2D eigenvalue weighted by molar-refractivity contribution is 6.05.